The van der Waals surface area contributed by atoms with Crippen LogP contribution in [0.15, 0.2) is 23.3 Å². The summed E-state index contributed by atoms with van der Waals surface area (Å²) in [5.74, 6) is 0. The fraction of sp³-hybridized carbons (Fsp3) is 0.765. The first-order chi connectivity index (χ1) is 8.50. The molecule has 0 aromatic rings. The molecule has 102 valence electrons. The molecule has 1 atom stereocenters. The van der Waals surface area contributed by atoms with Gasteiger partial charge in [0.1, 0.15) is 0 Å². The fourth-order valence-corrected chi connectivity index (χ4v) is 3.52. The Morgan fingerprint density at radius 3 is 2.44 bits per heavy atom. The van der Waals surface area contributed by atoms with Crippen LogP contribution >= 0.6 is 0 Å². The second-order valence-corrected chi connectivity index (χ2v) is 6.77. The molecule has 1 saturated heterocycles. The van der Waals surface area contributed by atoms with Gasteiger partial charge in [0.05, 0.1) is 0 Å². The van der Waals surface area contributed by atoms with Gasteiger partial charge in [-0.15, -0.1) is 0 Å². The largest absolute Gasteiger partial charge is 0.297 e. The molecule has 0 aromatic carbocycles. The van der Waals surface area contributed by atoms with E-state index in [9.17, 15) is 0 Å². The Morgan fingerprint density at radius 2 is 1.83 bits per heavy atom. The molecule has 1 unspecified atom stereocenters. The summed E-state index contributed by atoms with van der Waals surface area (Å²) in [7, 11) is 0. The lowest BCUT2D eigenvalue weighted by atomic mass is 9.72. The number of likely N-dealkylation sites (tertiary alicyclic amines) is 1. The molecule has 1 heterocycles. The molecule has 0 aromatic heterocycles. The average Bonchev–Trinajstić information content (AvgIpc) is 2.80. The summed E-state index contributed by atoms with van der Waals surface area (Å²) >= 11 is 0. The van der Waals surface area contributed by atoms with Gasteiger partial charge in [-0.05, 0) is 70.0 Å². The highest BCUT2D eigenvalue weighted by atomic mass is 15.2. The van der Waals surface area contributed by atoms with Crippen molar-refractivity contribution >= 4 is 0 Å². The number of hydrogen-bond acceptors (Lipinski definition) is 1. The van der Waals surface area contributed by atoms with E-state index in [1.807, 2.05) is 0 Å². The van der Waals surface area contributed by atoms with Crippen LogP contribution in [0, 0.1) is 5.41 Å². The van der Waals surface area contributed by atoms with Gasteiger partial charge in [-0.1, -0.05) is 31.6 Å². The van der Waals surface area contributed by atoms with Gasteiger partial charge in [0.2, 0.25) is 0 Å². The van der Waals surface area contributed by atoms with Crippen molar-refractivity contribution in [3.05, 3.63) is 23.3 Å². The van der Waals surface area contributed by atoms with Gasteiger partial charge < -0.3 is 0 Å². The first-order valence-corrected chi connectivity index (χ1v) is 7.63. The maximum atomic E-state index is 2.60. The van der Waals surface area contributed by atoms with Gasteiger partial charge >= 0.3 is 0 Å². The van der Waals surface area contributed by atoms with E-state index < -0.39 is 0 Å². The van der Waals surface area contributed by atoms with E-state index >= 15 is 0 Å². The highest BCUT2D eigenvalue weighted by Gasteiger charge is 2.26. The number of hydrogen-bond donors (Lipinski definition) is 0. The highest BCUT2D eigenvalue weighted by Crippen LogP contribution is 2.40. The summed E-state index contributed by atoms with van der Waals surface area (Å²) in [6.45, 7) is 12.0. The van der Waals surface area contributed by atoms with Gasteiger partial charge in [-0.2, -0.15) is 0 Å². The van der Waals surface area contributed by atoms with Crippen LogP contribution in [0.4, 0.5) is 0 Å². The predicted octanol–water partition coefficient (Wildman–Crippen LogP) is 4.55. The Labute approximate surface area is 113 Å². The number of allylic oxidation sites excluding steroid dienone is 3. The molecular formula is C17H29N. The Bertz CT molecular complexity index is 343. The van der Waals surface area contributed by atoms with Crippen molar-refractivity contribution in [3.8, 4) is 0 Å². The molecule has 0 radical (unpaired) electrons. The number of rotatable bonds is 3. The minimum absolute atomic E-state index is 0.379. The molecule has 0 saturated carbocycles. The van der Waals surface area contributed by atoms with E-state index in [1.54, 1.807) is 11.1 Å². The lowest BCUT2D eigenvalue weighted by Gasteiger charge is -2.33. The van der Waals surface area contributed by atoms with E-state index in [2.05, 4.69) is 44.7 Å². The van der Waals surface area contributed by atoms with Gasteiger partial charge in [-0.25, -0.2) is 0 Å². The highest BCUT2D eigenvalue weighted by molar-refractivity contribution is 5.33. The second kappa shape index (κ2) is 5.61. The summed E-state index contributed by atoms with van der Waals surface area (Å²) in [4.78, 5) is 2.60. The van der Waals surface area contributed by atoms with Crippen LogP contribution in [-0.4, -0.2) is 24.0 Å². The summed E-state index contributed by atoms with van der Waals surface area (Å²) < 4.78 is 0. The molecule has 1 heteroatoms. The molecule has 2 rings (SSSR count). The molecular weight excluding hydrogens is 218 g/mol. The first-order valence-electron chi connectivity index (χ1n) is 7.63. The monoisotopic (exact) mass is 247 g/mol. The van der Waals surface area contributed by atoms with Crippen molar-refractivity contribution in [2.75, 3.05) is 13.1 Å². The first kappa shape index (κ1) is 13.9. The fourth-order valence-electron chi connectivity index (χ4n) is 3.52. The predicted molar refractivity (Wildman–Crippen MR) is 79.7 cm³/mol. The van der Waals surface area contributed by atoms with Gasteiger partial charge in [-0.3, -0.25) is 4.90 Å². The lowest BCUT2D eigenvalue weighted by Crippen LogP contribution is -2.28. The van der Waals surface area contributed by atoms with Crippen molar-refractivity contribution in [2.45, 2.75) is 65.8 Å². The van der Waals surface area contributed by atoms with Crippen LogP contribution in [0.25, 0.3) is 0 Å². The molecule has 1 nitrogen and oxygen atoms in total. The summed E-state index contributed by atoms with van der Waals surface area (Å²) in [6, 6.07) is 0.602. The SMILES string of the molecule is CC1=C(/C=C/C(C)N2CCCC2)C(C)(C)CCC1. The van der Waals surface area contributed by atoms with Crippen molar-refractivity contribution in [1.29, 1.82) is 0 Å². The third-order valence-corrected chi connectivity index (χ3v) is 4.80. The summed E-state index contributed by atoms with van der Waals surface area (Å²) in [5, 5.41) is 0. The summed E-state index contributed by atoms with van der Waals surface area (Å²) in [6.07, 6.45) is 11.6. The molecule has 18 heavy (non-hydrogen) atoms. The van der Waals surface area contributed by atoms with E-state index in [1.165, 1.54) is 45.2 Å². The molecule has 0 amide bonds. The second-order valence-electron chi connectivity index (χ2n) is 6.77. The third kappa shape index (κ3) is 3.06. The van der Waals surface area contributed by atoms with Crippen LogP contribution in [0.1, 0.15) is 59.8 Å². The minimum atomic E-state index is 0.379. The maximum Gasteiger partial charge on any atom is 0.0252 e. The maximum absolute atomic E-state index is 2.60. The summed E-state index contributed by atoms with van der Waals surface area (Å²) in [5.41, 5.74) is 3.58. The van der Waals surface area contributed by atoms with Crippen LogP contribution in [0.3, 0.4) is 0 Å². The molecule has 1 fully saturated rings. The quantitative estimate of drug-likeness (QED) is 0.707. The van der Waals surface area contributed by atoms with Gasteiger partial charge in [0.15, 0.2) is 0 Å². The van der Waals surface area contributed by atoms with Gasteiger partial charge in [0.25, 0.3) is 0 Å². The Morgan fingerprint density at radius 1 is 1.17 bits per heavy atom. The van der Waals surface area contributed by atoms with E-state index in [-0.39, 0.29) is 0 Å². The van der Waals surface area contributed by atoms with Crippen LogP contribution in [-0.2, 0) is 0 Å². The van der Waals surface area contributed by atoms with E-state index in [4.69, 9.17) is 0 Å². The van der Waals surface area contributed by atoms with Crippen molar-refractivity contribution < 1.29 is 0 Å². The molecule has 0 bridgehead atoms. The molecule has 1 aliphatic heterocycles. The average molecular weight is 247 g/mol. The standard InChI is InChI=1S/C17H29N/c1-14-8-7-11-17(3,4)16(14)10-9-15(2)18-12-5-6-13-18/h9-10,15H,5-8,11-13H2,1-4H3/b10-9+. The van der Waals surface area contributed by atoms with Gasteiger partial charge in [0, 0.05) is 6.04 Å². The van der Waals surface area contributed by atoms with Crippen molar-refractivity contribution in [3.63, 3.8) is 0 Å². The van der Waals surface area contributed by atoms with E-state index in [0.29, 0.717) is 11.5 Å². The molecule has 0 spiro atoms. The van der Waals surface area contributed by atoms with Crippen molar-refractivity contribution in [2.24, 2.45) is 5.41 Å². The molecule has 0 N–H and O–H groups in total. The Hall–Kier alpha value is -0.560. The minimum Gasteiger partial charge on any atom is -0.297 e. The topological polar surface area (TPSA) is 3.24 Å². The normalized spacial score (nSPS) is 27.1. The zero-order chi connectivity index (χ0) is 13.2. The molecule has 1 aliphatic carbocycles. The zero-order valence-electron chi connectivity index (χ0n) is 12.6. The van der Waals surface area contributed by atoms with Crippen LogP contribution in [0.2, 0.25) is 0 Å². The third-order valence-electron chi connectivity index (χ3n) is 4.80. The Balaban J connectivity index is 2.06. The Kier molecular flexibility index (Phi) is 4.32. The van der Waals surface area contributed by atoms with Crippen LogP contribution in [0.5, 0.6) is 0 Å². The lowest BCUT2D eigenvalue weighted by molar-refractivity contribution is 0.299. The number of nitrogens with zero attached hydrogens (tertiary/aromatic N) is 1. The van der Waals surface area contributed by atoms with E-state index in [0.717, 1.165) is 0 Å². The zero-order valence-corrected chi connectivity index (χ0v) is 12.6. The molecule has 2 aliphatic rings. The van der Waals surface area contributed by atoms with Crippen LogP contribution < -0.4 is 0 Å². The van der Waals surface area contributed by atoms with Crippen molar-refractivity contribution in [1.82, 2.24) is 4.90 Å². The smallest absolute Gasteiger partial charge is 0.0252 e.